The molecule has 1 heterocycles. The van der Waals surface area contributed by atoms with Gasteiger partial charge in [-0.1, -0.05) is 10.4 Å². The molecular weight excluding hydrogens is 188 g/mol. The standard InChI is InChI=1S/C7H10N4O3/c12-7(1-3-9-13)14-4-2-6-5-8-11-10-6/h5H,1-4H2,(H,8,10,11). The number of H-pyrrole nitrogens is 1. The highest BCUT2D eigenvalue weighted by Gasteiger charge is 2.03. The summed E-state index contributed by atoms with van der Waals surface area (Å²) in [7, 11) is 0. The van der Waals surface area contributed by atoms with E-state index in [1.54, 1.807) is 6.20 Å². The number of hydrogen-bond donors (Lipinski definition) is 1. The zero-order chi connectivity index (χ0) is 10.2. The van der Waals surface area contributed by atoms with Crippen LogP contribution < -0.4 is 0 Å². The monoisotopic (exact) mass is 198 g/mol. The van der Waals surface area contributed by atoms with Gasteiger partial charge in [0.05, 0.1) is 25.3 Å². The maximum Gasteiger partial charge on any atom is 0.307 e. The summed E-state index contributed by atoms with van der Waals surface area (Å²) in [5.74, 6) is -0.423. The van der Waals surface area contributed by atoms with Crippen molar-refractivity contribution in [2.45, 2.75) is 12.8 Å². The lowest BCUT2D eigenvalue weighted by atomic mass is 10.3. The fraction of sp³-hybridized carbons (Fsp3) is 0.571. The van der Waals surface area contributed by atoms with Crippen molar-refractivity contribution in [1.29, 1.82) is 0 Å². The van der Waals surface area contributed by atoms with Crippen molar-refractivity contribution in [2.24, 2.45) is 5.18 Å². The van der Waals surface area contributed by atoms with E-state index in [1.165, 1.54) is 0 Å². The van der Waals surface area contributed by atoms with Crippen LogP contribution in [-0.2, 0) is 16.0 Å². The molecule has 0 bridgehead atoms. The highest BCUT2D eigenvalue weighted by atomic mass is 16.5. The molecule has 1 rings (SSSR count). The fourth-order valence-electron chi connectivity index (χ4n) is 0.826. The van der Waals surface area contributed by atoms with Crippen LogP contribution in [0.5, 0.6) is 0 Å². The molecule has 76 valence electrons. The normalized spacial score (nSPS) is 9.71. The Labute approximate surface area is 79.8 Å². The van der Waals surface area contributed by atoms with Gasteiger partial charge in [-0.25, -0.2) is 0 Å². The smallest absolute Gasteiger partial charge is 0.307 e. The van der Waals surface area contributed by atoms with E-state index in [1.807, 2.05) is 0 Å². The molecule has 0 aromatic carbocycles. The summed E-state index contributed by atoms with van der Waals surface area (Å²) in [4.78, 5) is 20.6. The Bertz CT molecular complexity index is 285. The lowest BCUT2D eigenvalue weighted by molar-refractivity contribution is -0.143. The molecule has 0 radical (unpaired) electrons. The minimum atomic E-state index is -0.423. The number of hydrogen-bond acceptors (Lipinski definition) is 6. The zero-order valence-electron chi connectivity index (χ0n) is 7.47. The van der Waals surface area contributed by atoms with Crippen molar-refractivity contribution >= 4 is 5.97 Å². The molecule has 0 aliphatic heterocycles. The van der Waals surface area contributed by atoms with Gasteiger partial charge in [-0.3, -0.25) is 9.89 Å². The van der Waals surface area contributed by atoms with E-state index in [-0.39, 0.29) is 19.6 Å². The van der Waals surface area contributed by atoms with E-state index in [4.69, 9.17) is 4.74 Å². The Kier molecular flexibility index (Phi) is 4.25. The molecule has 7 nitrogen and oxygen atoms in total. The van der Waals surface area contributed by atoms with Gasteiger partial charge in [0.15, 0.2) is 0 Å². The minimum Gasteiger partial charge on any atom is -0.465 e. The van der Waals surface area contributed by atoms with Crippen molar-refractivity contribution in [1.82, 2.24) is 15.4 Å². The fourth-order valence-corrected chi connectivity index (χ4v) is 0.826. The van der Waals surface area contributed by atoms with E-state index in [0.717, 1.165) is 5.69 Å². The maximum absolute atomic E-state index is 10.9. The molecule has 7 heteroatoms. The van der Waals surface area contributed by atoms with Crippen molar-refractivity contribution in [3.8, 4) is 0 Å². The number of aromatic amines is 1. The molecule has 1 N–H and O–H groups in total. The highest BCUT2D eigenvalue weighted by Crippen LogP contribution is 1.93. The van der Waals surface area contributed by atoms with Crippen LogP contribution in [0.1, 0.15) is 12.1 Å². The van der Waals surface area contributed by atoms with E-state index >= 15 is 0 Å². The Hall–Kier alpha value is -1.79. The Morgan fingerprint density at radius 3 is 3.14 bits per heavy atom. The van der Waals surface area contributed by atoms with Gasteiger partial charge in [0.1, 0.15) is 0 Å². The predicted molar refractivity (Wildman–Crippen MR) is 46.3 cm³/mol. The molecule has 14 heavy (non-hydrogen) atoms. The second-order valence-electron chi connectivity index (χ2n) is 2.54. The van der Waals surface area contributed by atoms with Crippen LogP contribution in [0.4, 0.5) is 0 Å². The first-order chi connectivity index (χ1) is 6.83. The minimum absolute atomic E-state index is 0.0301. The maximum atomic E-state index is 10.9. The van der Waals surface area contributed by atoms with Crippen molar-refractivity contribution in [3.63, 3.8) is 0 Å². The molecule has 0 unspecified atom stereocenters. The number of aromatic nitrogens is 3. The van der Waals surface area contributed by atoms with Crippen LogP contribution in [0.25, 0.3) is 0 Å². The summed E-state index contributed by atoms with van der Waals surface area (Å²) in [6, 6.07) is 0. The van der Waals surface area contributed by atoms with Gasteiger partial charge in [-0.2, -0.15) is 4.91 Å². The van der Waals surface area contributed by atoms with Gasteiger partial charge < -0.3 is 4.74 Å². The van der Waals surface area contributed by atoms with Crippen LogP contribution in [0.3, 0.4) is 0 Å². The van der Waals surface area contributed by atoms with Gasteiger partial charge in [-0.05, 0) is 0 Å². The summed E-state index contributed by atoms with van der Waals surface area (Å²) in [6.07, 6.45) is 2.17. The van der Waals surface area contributed by atoms with E-state index in [2.05, 4.69) is 20.6 Å². The topological polar surface area (TPSA) is 97.3 Å². The number of carbonyl (C=O) groups is 1. The van der Waals surface area contributed by atoms with Crippen molar-refractivity contribution in [3.05, 3.63) is 16.8 Å². The Balaban J connectivity index is 2.09. The molecule has 0 saturated heterocycles. The predicted octanol–water partition coefficient (Wildman–Crippen LogP) is 0.0469. The van der Waals surface area contributed by atoms with Crippen LogP contribution in [0, 0.1) is 4.91 Å². The van der Waals surface area contributed by atoms with E-state index in [9.17, 15) is 9.70 Å². The van der Waals surface area contributed by atoms with Gasteiger partial charge in [0, 0.05) is 12.6 Å². The first-order valence-corrected chi connectivity index (χ1v) is 4.13. The first-order valence-electron chi connectivity index (χ1n) is 4.13. The average Bonchev–Trinajstić information content (AvgIpc) is 2.67. The van der Waals surface area contributed by atoms with Gasteiger partial charge in [-0.15, -0.1) is 5.10 Å². The molecule has 1 aromatic rings. The first kappa shape index (κ1) is 10.3. The quantitative estimate of drug-likeness (QED) is 0.514. The lowest BCUT2D eigenvalue weighted by Gasteiger charge is -2.00. The van der Waals surface area contributed by atoms with Crippen LogP contribution in [0.2, 0.25) is 0 Å². The number of carbonyl (C=O) groups excluding carboxylic acids is 1. The number of nitroso groups, excluding NO2 is 1. The summed E-state index contributed by atoms with van der Waals surface area (Å²) in [6.45, 7) is 0.201. The summed E-state index contributed by atoms with van der Waals surface area (Å²) in [5, 5.41) is 12.3. The lowest BCUT2D eigenvalue weighted by Crippen LogP contribution is -2.08. The second kappa shape index (κ2) is 5.79. The van der Waals surface area contributed by atoms with Gasteiger partial charge >= 0.3 is 5.97 Å². The summed E-state index contributed by atoms with van der Waals surface area (Å²) in [5.41, 5.74) is 0.728. The molecule has 0 aliphatic rings. The van der Waals surface area contributed by atoms with Crippen molar-refractivity contribution < 1.29 is 9.53 Å². The third-order valence-corrected chi connectivity index (χ3v) is 1.50. The zero-order valence-corrected chi connectivity index (χ0v) is 7.47. The van der Waals surface area contributed by atoms with E-state index < -0.39 is 5.97 Å². The molecule has 1 aromatic heterocycles. The molecule has 0 aliphatic carbocycles. The molecule has 0 atom stereocenters. The number of ether oxygens (including phenoxy) is 1. The summed E-state index contributed by atoms with van der Waals surface area (Å²) < 4.78 is 4.80. The van der Waals surface area contributed by atoms with Crippen LogP contribution in [-0.4, -0.2) is 34.5 Å². The number of rotatable bonds is 6. The summed E-state index contributed by atoms with van der Waals surface area (Å²) >= 11 is 0. The molecular formula is C7H10N4O3. The number of nitrogens with one attached hydrogen (secondary N) is 1. The largest absolute Gasteiger partial charge is 0.465 e. The SMILES string of the molecule is O=NCCC(=O)OCCc1c[nH]nn1. The Morgan fingerprint density at radius 1 is 1.64 bits per heavy atom. The molecule has 0 spiro atoms. The third kappa shape index (κ3) is 3.74. The molecule has 0 fully saturated rings. The number of nitrogens with zero attached hydrogens (tertiary/aromatic N) is 3. The second-order valence-corrected chi connectivity index (χ2v) is 2.54. The van der Waals surface area contributed by atoms with Gasteiger partial charge in [0.2, 0.25) is 0 Å². The third-order valence-electron chi connectivity index (χ3n) is 1.50. The Morgan fingerprint density at radius 2 is 2.50 bits per heavy atom. The number of esters is 1. The molecule has 0 amide bonds. The van der Waals surface area contributed by atoms with Gasteiger partial charge in [0.25, 0.3) is 0 Å². The molecule has 0 saturated carbocycles. The average molecular weight is 198 g/mol. The highest BCUT2D eigenvalue weighted by molar-refractivity contribution is 5.69. The van der Waals surface area contributed by atoms with Crippen LogP contribution in [0.15, 0.2) is 11.4 Å². The van der Waals surface area contributed by atoms with Crippen molar-refractivity contribution in [2.75, 3.05) is 13.2 Å². The van der Waals surface area contributed by atoms with Crippen LogP contribution >= 0.6 is 0 Å². The van der Waals surface area contributed by atoms with E-state index in [0.29, 0.717) is 6.42 Å².